The molecule has 0 radical (unpaired) electrons. The minimum Gasteiger partial charge on any atom is -0.490 e. The second kappa shape index (κ2) is 6.91. The standard InChI is InChI=1S/C19H27NO3/c1-20(14-19(22)11-4-5-12-19)18(21)15-7-6-10-17(13-15)23-16-8-2-3-9-16/h6-7,10,13,16,22H,2-5,8-9,11-12,14H2,1H3. The predicted molar refractivity (Wildman–Crippen MR) is 89.7 cm³/mol. The number of ether oxygens (including phenoxy) is 1. The molecule has 126 valence electrons. The fourth-order valence-corrected chi connectivity index (χ4v) is 3.83. The Hall–Kier alpha value is -1.55. The van der Waals surface area contributed by atoms with Crippen molar-refractivity contribution in [3.8, 4) is 5.75 Å². The Kier molecular flexibility index (Phi) is 4.90. The molecule has 1 aromatic carbocycles. The molecule has 0 saturated heterocycles. The van der Waals surface area contributed by atoms with Crippen molar-refractivity contribution in [2.75, 3.05) is 13.6 Å². The van der Waals surface area contributed by atoms with Gasteiger partial charge in [0.2, 0.25) is 0 Å². The van der Waals surface area contributed by atoms with Crippen LogP contribution in [0.4, 0.5) is 0 Å². The van der Waals surface area contributed by atoms with Gasteiger partial charge < -0.3 is 14.7 Å². The first kappa shape index (κ1) is 16.3. The number of hydrogen-bond acceptors (Lipinski definition) is 3. The van der Waals surface area contributed by atoms with E-state index in [0.29, 0.717) is 12.1 Å². The highest BCUT2D eigenvalue weighted by Crippen LogP contribution is 2.30. The van der Waals surface area contributed by atoms with Crippen molar-refractivity contribution in [3.05, 3.63) is 29.8 Å². The lowest BCUT2D eigenvalue weighted by Gasteiger charge is -2.28. The van der Waals surface area contributed by atoms with Gasteiger partial charge in [0.1, 0.15) is 5.75 Å². The van der Waals surface area contributed by atoms with Crippen LogP contribution in [0.3, 0.4) is 0 Å². The van der Waals surface area contributed by atoms with Gasteiger partial charge in [-0.15, -0.1) is 0 Å². The van der Waals surface area contributed by atoms with Crippen molar-refractivity contribution in [1.29, 1.82) is 0 Å². The Labute approximate surface area is 138 Å². The van der Waals surface area contributed by atoms with Gasteiger partial charge in [-0.2, -0.15) is 0 Å². The van der Waals surface area contributed by atoms with E-state index in [0.717, 1.165) is 44.3 Å². The molecule has 0 heterocycles. The third-order valence-corrected chi connectivity index (χ3v) is 5.10. The van der Waals surface area contributed by atoms with E-state index in [2.05, 4.69) is 0 Å². The van der Waals surface area contributed by atoms with Gasteiger partial charge in [0.05, 0.1) is 11.7 Å². The average molecular weight is 317 g/mol. The Morgan fingerprint density at radius 1 is 1.26 bits per heavy atom. The Morgan fingerprint density at radius 3 is 2.65 bits per heavy atom. The third-order valence-electron chi connectivity index (χ3n) is 5.10. The molecule has 0 aromatic heterocycles. The van der Waals surface area contributed by atoms with E-state index in [4.69, 9.17) is 4.74 Å². The topological polar surface area (TPSA) is 49.8 Å². The molecular formula is C19H27NO3. The highest BCUT2D eigenvalue weighted by Gasteiger charge is 2.33. The molecule has 0 unspecified atom stereocenters. The van der Waals surface area contributed by atoms with Crippen molar-refractivity contribution >= 4 is 5.91 Å². The zero-order chi connectivity index (χ0) is 16.3. The fraction of sp³-hybridized carbons (Fsp3) is 0.632. The van der Waals surface area contributed by atoms with Crippen molar-refractivity contribution in [3.63, 3.8) is 0 Å². The monoisotopic (exact) mass is 317 g/mol. The van der Waals surface area contributed by atoms with Gasteiger partial charge >= 0.3 is 0 Å². The zero-order valence-electron chi connectivity index (χ0n) is 14.0. The van der Waals surface area contributed by atoms with Gasteiger partial charge in [0.15, 0.2) is 0 Å². The van der Waals surface area contributed by atoms with Crippen LogP contribution < -0.4 is 4.74 Å². The number of nitrogens with zero attached hydrogens (tertiary/aromatic N) is 1. The molecule has 0 spiro atoms. The molecule has 1 amide bonds. The van der Waals surface area contributed by atoms with E-state index in [1.807, 2.05) is 24.3 Å². The van der Waals surface area contributed by atoms with E-state index in [-0.39, 0.29) is 12.0 Å². The van der Waals surface area contributed by atoms with Crippen LogP contribution in [0.2, 0.25) is 0 Å². The summed E-state index contributed by atoms with van der Waals surface area (Å²) in [6.45, 7) is 0.402. The largest absolute Gasteiger partial charge is 0.490 e. The second-order valence-corrected chi connectivity index (χ2v) is 7.14. The number of carbonyl (C=O) groups is 1. The zero-order valence-corrected chi connectivity index (χ0v) is 14.0. The molecule has 4 heteroatoms. The lowest BCUT2D eigenvalue weighted by atomic mass is 10.0. The molecule has 1 N–H and O–H groups in total. The van der Waals surface area contributed by atoms with Crippen molar-refractivity contribution < 1.29 is 14.6 Å². The molecule has 0 atom stereocenters. The normalized spacial score (nSPS) is 20.6. The summed E-state index contributed by atoms with van der Waals surface area (Å²) in [5.74, 6) is 0.720. The van der Waals surface area contributed by atoms with Crippen LogP contribution in [0, 0.1) is 0 Å². The van der Waals surface area contributed by atoms with E-state index in [1.165, 1.54) is 12.8 Å². The SMILES string of the molecule is CN(CC1(O)CCCC1)C(=O)c1cccc(OC2CCCC2)c1. The Bertz CT molecular complexity index is 545. The van der Waals surface area contributed by atoms with Crippen LogP contribution in [0.15, 0.2) is 24.3 Å². The smallest absolute Gasteiger partial charge is 0.253 e. The van der Waals surface area contributed by atoms with E-state index in [1.54, 1.807) is 11.9 Å². The number of aliphatic hydroxyl groups is 1. The van der Waals surface area contributed by atoms with E-state index >= 15 is 0 Å². The van der Waals surface area contributed by atoms with Crippen LogP contribution in [0.5, 0.6) is 5.75 Å². The lowest BCUT2D eigenvalue weighted by Crippen LogP contribution is -2.42. The molecule has 0 bridgehead atoms. The van der Waals surface area contributed by atoms with Gasteiger partial charge in [0.25, 0.3) is 5.91 Å². The van der Waals surface area contributed by atoms with Crippen LogP contribution in [0.1, 0.15) is 61.7 Å². The lowest BCUT2D eigenvalue weighted by molar-refractivity contribution is 0.0156. The maximum Gasteiger partial charge on any atom is 0.253 e. The average Bonchev–Trinajstić information content (AvgIpc) is 3.19. The fourth-order valence-electron chi connectivity index (χ4n) is 3.83. The van der Waals surface area contributed by atoms with E-state index < -0.39 is 5.60 Å². The molecule has 2 aliphatic carbocycles. The first-order valence-electron chi connectivity index (χ1n) is 8.80. The molecule has 2 saturated carbocycles. The van der Waals surface area contributed by atoms with Crippen LogP contribution >= 0.6 is 0 Å². The molecule has 1 aromatic rings. The van der Waals surface area contributed by atoms with Gasteiger partial charge in [-0.1, -0.05) is 18.9 Å². The molecular weight excluding hydrogens is 290 g/mol. The number of benzene rings is 1. The highest BCUT2D eigenvalue weighted by molar-refractivity contribution is 5.94. The molecule has 3 rings (SSSR count). The van der Waals surface area contributed by atoms with Gasteiger partial charge in [-0.3, -0.25) is 4.79 Å². The maximum atomic E-state index is 12.6. The molecule has 4 nitrogen and oxygen atoms in total. The molecule has 23 heavy (non-hydrogen) atoms. The van der Waals surface area contributed by atoms with Gasteiger partial charge in [0, 0.05) is 19.2 Å². The van der Waals surface area contributed by atoms with Crippen molar-refractivity contribution in [1.82, 2.24) is 4.90 Å². The molecule has 2 aliphatic rings. The Balaban J connectivity index is 1.64. The van der Waals surface area contributed by atoms with Gasteiger partial charge in [-0.05, 0) is 56.7 Å². The maximum absolute atomic E-state index is 12.6. The number of amides is 1. The number of hydrogen-bond donors (Lipinski definition) is 1. The Morgan fingerprint density at radius 2 is 1.96 bits per heavy atom. The predicted octanol–water partition coefficient (Wildman–Crippen LogP) is 3.39. The minimum absolute atomic E-state index is 0.0535. The van der Waals surface area contributed by atoms with Crippen LogP contribution in [0.25, 0.3) is 0 Å². The summed E-state index contributed by atoms with van der Waals surface area (Å²) in [7, 11) is 1.77. The molecule has 0 aliphatic heterocycles. The number of carbonyl (C=O) groups excluding carboxylic acids is 1. The first-order valence-corrected chi connectivity index (χ1v) is 8.80. The second-order valence-electron chi connectivity index (χ2n) is 7.14. The van der Waals surface area contributed by atoms with Crippen LogP contribution in [-0.4, -0.2) is 41.2 Å². The van der Waals surface area contributed by atoms with E-state index in [9.17, 15) is 9.90 Å². The molecule has 2 fully saturated rings. The van der Waals surface area contributed by atoms with Gasteiger partial charge in [-0.25, -0.2) is 0 Å². The van der Waals surface area contributed by atoms with Crippen LogP contribution in [-0.2, 0) is 0 Å². The third kappa shape index (κ3) is 4.05. The van der Waals surface area contributed by atoms with Crippen molar-refractivity contribution in [2.45, 2.75) is 63.1 Å². The number of likely N-dealkylation sites (N-methyl/N-ethyl adjacent to an activating group) is 1. The summed E-state index contributed by atoms with van der Waals surface area (Å²) in [6.07, 6.45) is 8.61. The summed E-state index contributed by atoms with van der Waals surface area (Å²) in [6, 6.07) is 7.43. The minimum atomic E-state index is -0.706. The summed E-state index contributed by atoms with van der Waals surface area (Å²) in [5, 5.41) is 10.5. The first-order chi connectivity index (χ1) is 11.1. The summed E-state index contributed by atoms with van der Waals surface area (Å²) in [4.78, 5) is 14.3. The highest BCUT2D eigenvalue weighted by atomic mass is 16.5. The summed E-state index contributed by atoms with van der Waals surface area (Å²) >= 11 is 0. The number of rotatable bonds is 5. The summed E-state index contributed by atoms with van der Waals surface area (Å²) in [5.41, 5.74) is -0.0767. The quantitative estimate of drug-likeness (QED) is 0.905. The summed E-state index contributed by atoms with van der Waals surface area (Å²) < 4.78 is 5.98. The van der Waals surface area contributed by atoms with Crippen molar-refractivity contribution in [2.24, 2.45) is 0 Å².